The average Bonchev–Trinajstić information content (AvgIpc) is 2.56. The molecule has 1 unspecified atom stereocenters. The molecule has 0 aliphatic rings. The minimum atomic E-state index is 0.358. The second kappa shape index (κ2) is 5.06. The molecule has 0 fully saturated rings. The van der Waals surface area contributed by atoms with Crippen molar-refractivity contribution in [2.45, 2.75) is 19.4 Å². The molecule has 66 valence electrons. The Morgan fingerprint density at radius 3 is 3.25 bits per heavy atom. The van der Waals surface area contributed by atoms with Gasteiger partial charge in [-0.3, -0.25) is 0 Å². The SMILES string of the molecule is C=CCCNC(C)c1cscn1. The van der Waals surface area contributed by atoms with Crippen molar-refractivity contribution in [3.8, 4) is 0 Å². The van der Waals surface area contributed by atoms with Crippen LogP contribution in [-0.4, -0.2) is 11.5 Å². The normalized spacial score (nSPS) is 12.8. The lowest BCUT2D eigenvalue weighted by Gasteiger charge is -2.09. The molecule has 0 radical (unpaired) electrons. The number of nitrogens with one attached hydrogen (secondary N) is 1. The molecule has 1 aromatic rings. The minimum Gasteiger partial charge on any atom is -0.309 e. The first-order valence-electron chi connectivity index (χ1n) is 4.07. The second-order valence-electron chi connectivity index (χ2n) is 2.67. The fraction of sp³-hybridized carbons (Fsp3) is 0.444. The van der Waals surface area contributed by atoms with Crippen LogP contribution in [0.4, 0.5) is 0 Å². The zero-order chi connectivity index (χ0) is 8.81. The molecule has 1 N–H and O–H groups in total. The predicted octanol–water partition coefficient (Wildman–Crippen LogP) is 2.37. The van der Waals surface area contributed by atoms with E-state index < -0.39 is 0 Å². The van der Waals surface area contributed by atoms with E-state index in [9.17, 15) is 0 Å². The first kappa shape index (κ1) is 9.42. The van der Waals surface area contributed by atoms with Crippen molar-refractivity contribution in [1.82, 2.24) is 10.3 Å². The molecule has 12 heavy (non-hydrogen) atoms. The summed E-state index contributed by atoms with van der Waals surface area (Å²) in [5, 5.41) is 5.43. The van der Waals surface area contributed by atoms with E-state index in [1.54, 1.807) is 11.3 Å². The molecule has 1 heterocycles. The summed E-state index contributed by atoms with van der Waals surface area (Å²) < 4.78 is 0. The Morgan fingerprint density at radius 1 is 1.83 bits per heavy atom. The topological polar surface area (TPSA) is 24.9 Å². The first-order chi connectivity index (χ1) is 5.84. The van der Waals surface area contributed by atoms with E-state index in [4.69, 9.17) is 0 Å². The summed E-state index contributed by atoms with van der Waals surface area (Å²) in [6, 6.07) is 0.358. The van der Waals surface area contributed by atoms with Crippen LogP contribution in [0.5, 0.6) is 0 Å². The molecule has 2 nitrogen and oxygen atoms in total. The molecular formula is C9H14N2S. The summed E-state index contributed by atoms with van der Waals surface area (Å²) in [6.45, 7) is 6.76. The van der Waals surface area contributed by atoms with Crippen LogP contribution in [0, 0.1) is 0 Å². The van der Waals surface area contributed by atoms with Crippen molar-refractivity contribution in [1.29, 1.82) is 0 Å². The third kappa shape index (κ3) is 2.75. The number of hydrogen-bond acceptors (Lipinski definition) is 3. The Labute approximate surface area is 77.3 Å². The van der Waals surface area contributed by atoms with Crippen LogP contribution in [-0.2, 0) is 0 Å². The molecule has 0 aliphatic heterocycles. The van der Waals surface area contributed by atoms with Crippen molar-refractivity contribution >= 4 is 11.3 Å². The van der Waals surface area contributed by atoms with Gasteiger partial charge in [-0.05, 0) is 19.9 Å². The van der Waals surface area contributed by atoms with E-state index in [0.717, 1.165) is 18.7 Å². The van der Waals surface area contributed by atoms with Crippen LogP contribution < -0.4 is 5.32 Å². The molecule has 0 bridgehead atoms. The zero-order valence-electron chi connectivity index (χ0n) is 7.29. The maximum absolute atomic E-state index is 4.23. The number of aromatic nitrogens is 1. The lowest BCUT2D eigenvalue weighted by molar-refractivity contribution is 0.571. The molecular weight excluding hydrogens is 168 g/mol. The molecule has 0 amide bonds. The summed E-state index contributed by atoms with van der Waals surface area (Å²) in [5.74, 6) is 0. The average molecular weight is 182 g/mol. The fourth-order valence-electron chi connectivity index (χ4n) is 0.942. The van der Waals surface area contributed by atoms with E-state index in [2.05, 4.69) is 29.2 Å². The maximum atomic E-state index is 4.23. The summed E-state index contributed by atoms with van der Waals surface area (Å²) in [5.41, 5.74) is 2.99. The zero-order valence-corrected chi connectivity index (χ0v) is 8.10. The van der Waals surface area contributed by atoms with Gasteiger partial charge in [0.1, 0.15) is 0 Å². The number of thiazole rings is 1. The largest absolute Gasteiger partial charge is 0.309 e. The molecule has 0 spiro atoms. The van der Waals surface area contributed by atoms with Gasteiger partial charge in [0.2, 0.25) is 0 Å². The van der Waals surface area contributed by atoms with Gasteiger partial charge in [-0.15, -0.1) is 17.9 Å². The van der Waals surface area contributed by atoms with Crippen molar-refractivity contribution in [2.24, 2.45) is 0 Å². The molecule has 1 rings (SSSR count). The highest BCUT2D eigenvalue weighted by Crippen LogP contribution is 2.11. The van der Waals surface area contributed by atoms with Crippen molar-refractivity contribution in [3.63, 3.8) is 0 Å². The van der Waals surface area contributed by atoms with Gasteiger partial charge in [0.15, 0.2) is 0 Å². The van der Waals surface area contributed by atoms with Crippen LogP contribution in [0.15, 0.2) is 23.5 Å². The third-order valence-electron chi connectivity index (χ3n) is 1.69. The van der Waals surface area contributed by atoms with E-state index in [1.165, 1.54) is 0 Å². The standard InChI is InChI=1S/C9H14N2S/c1-3-4-5-10-8(2)9-6-12-7-11-9/h3,6-8,10H,1,4-5H2,2H3. The van der Waals surface area contributed by atoms with Crippen LogP contribution in [0.3, 0.4) is 0 Å². The minimum absolute atomic E-state index is 0.358. The van der Waals surface area contributed by atoms with Gasteiger partial charge < -0.3 is 5.32 Å². The Bertz CT molecular complexity index is 218. The van der Waals surface area contributed by atoms with Crippen molar-refractivity contribution in [2.75, 3.05) is 6.54 Å². The van der Waals surface area contributed by atoms with Gasteiger partial charge >= 0.3 is 0 Å². The van der Waals surface area contributed by atoms with E-state index in [0.29, 0.717) is 6.04 Å². The molecule has 1 aromatic heterocycles. The highest BCUT2D eigenvalue weighted by molar-refractivity contribution is 7.07. The Balaban J connectivity index is 2.29. The van der Waals surface area contributed by atoms with Gasteiger partial charge in [-0.1, -0.05) is 6.08 Å². The maximum Gasteiger partial charge on any atom is 0.0795 e. The summed E-state index contributed by atoms with van der Waals surface area (Å²) in [4.78, 5) is 4.23. The van der Waals surface area contributed by atoms with Gasteiger partial charge in [-0.25, -0.2) is 4.98 Å². The molecule has 0 saturated heterocycles. The van der Waals surface area contributed by atoms with E-state index in [1.807, 2.05) is 11.6 Å². The molecule has 0 aromatic carbocycles. The lowest BCUT2D eigenvalue weighted by atomic mass is 10.2. The van der Waals surface area contributed by atoms with Gasteiger partial charge in [-0.2, -0.15) is 0 Å². The highest BCUT2D eigenvalue weighted by Gasteiger charge is 2.04. The quantitative estimate of drug-likeness (QED) is 0.558. The number of hydrogen-bond donors (Lipinski definition) is 1. The third-order valence-corrected chi connectivity index (χ3v) is 2.30. The fourth-order valence-corrected chi connectivity index (χ4v) is 1.59. The summed E-state index contributed by atoms with van der Waals surface area (Å²) in [7, 11) is 0. The molecule has 0 saturated carbocycles. The Kier molecular flexibility index (Phi) is 3.97. The predicted molar refractivity (Wildman–Crippen MR) is 53.3 cm³/mol. The van der Waals surface area contributed by atoms with E-state index in [-0.39, 0.29) is 0 Å². The van der Waals surface area contributed by atoms with Crippen LogP contribution in [0.2, 0.25) is 0 Å². The monoisotopic (exact) mass is 182 g/mol. The van der Waals surface area contributed by atoms with Gasteiger partial charge in [0.25, 0.3) is 0 Å². The molecule has 3 heteroatoms. The Morgan fingerprint density at radius 2 is 2.67 bits per heavy atom. The highest BCUT2D eigenvalue weighted by atomic mass is 32.1. The second-order valence-corrected chi connectivity index (χ2v) is 3.39. The summed E-state index contributed by atoms with van der Waals surface area (Å²) in [6.07, 6.45) is 2.93. The first-order valence-corrected chi connectivity index (χ1v) is 5.01. The molecule has 0 aliphatic carbocycles. The Hall–Kier alpha value is -0.670. The lowest BCUT2D eigenvalue weighted by Crippen LogP contribution is -2.19. The van der Waals surface area contributed by atoms with Crippen LogP contribution >= 0.6 is 11.3 Å². The van der Waals surface area contributed by atoms with Crippen molar-refractivity contribution < 1.29 is 0 Å². The summed E-state index contributed by atoms with van der Waals surface area (Å²) >= 11 is 1.64. The van der Waals surface area contributed by atoms with Crippen molar-refractivity contribution in [3.05, 3.63) is 29.2 Å². The van der Waals surface area contributed by atoms with Gasteiger partial charge in [0, 0.05) is 11.4 Å². The van der Waals surface area contributed by atoms with Crippen LogP contribution in [0.1, 0.15) is 25.1 Å². The number of nitrogens with zero attached hydrogens (tertiary/aromatic N) is 1. The molecule has 1 atom stereocenters. The van der Waals surface area contributed by atoms with Crippen LogP contribution in [0.25, 0.3) is 0 Å². The number of rotatable bonds is 5. The van der Waals surface area contributed by atoms with Gasteiger partial charge in [0.05, 0.1) is 11.2 Å². The smallest absolute Gasteiger partial charge is 0.0795 e. The van der Waals surface area contributed by atoms with E-state index >= 15 is 0 Å².